The third-order valence-corrected chi connectivity index (χ3v) is 5.83. The molecule has 118 valence electrons. The highest BCUT2D eigenvalue weighted by Gasteiger charge is 2.19. The van der Waals surface area contributed by atoms with Crippen molar-refractivity contribution in [3.8, 4) is 11.4 Å². The summed E-state index contributed by atoms with van der Waals surface area (Å²) in [5.41, 5.74) is 1.47. The van der Waals surface area contributed by atoms with E-state index in [1.165, 1.54) is 0 Å². The highest BCUT2D eigenvalue weighted by atomic mass is 31.1. The van der Waals surface area contributed by atoms with Gasteiger partial charge in [-0.05, 0) is 36.8 Å². The molecule has 3 aromatic rings. The van der Waals surface area contributed by atoms with E-state index in [4.69, 9.17) is 0 Å². The molecule has 0 amide bonds. The van der Waals surface area contributed by atoms with Gasteiger partial charge in [0.05, 0.1) is 11.4 Å². The summed E-state index contributed by atoms with van der Waals surface area (Å²) in [6, 6.07) is 18.8. The number of hydrogen-bond acceptors (Lipinski definition) is 2. The van der Waals surface area contributed by atoms with Gasteiger partial charge in [0.15, 0.2) is 0 Å². The molecular weight excluding hydrogens is 307 g/mol. The van der Waals surface area contributed by atoms with Crippen LogP contribution >= 0.6 is 7.53 Å². The molecule has 0 radical (unpaired) electrons. The van der Waals surface area contributed by atoms with Gasteiger partial charge in [0.25, 0.3) is 10.6 Å². The van der Waals surface area contributed by atoms with Gasteiger partial charge in [0.1, 0.15) is 0 Å². The van der Waals surface area contributed by atoms with Crippen molar-refractivity contribution in [2.75, 3.05) is 0 Å². The van der Waals surface area contributed by atoms with Crippen molar-refractivity contribution in [1.82, 2.24) is 9.36 Å². The summed E-state index contributed by atoms with van der Waals surface area (Å²) in [5.74, 6) is 0. The van der Waals surface area contributed by atoms with Crippen LogP contribution in [0.4, 0.5) is 0 Å². The second-order valence-electron chi connectivity index (χ2n) is 5.37. The minimum atomic E-state index is -1.33. The molecule has 3 rings (SSSR count). The predicted octanol–water partition coefficient (Wildman–Crippen LogP) is 3.78. The summed E-state index contributed by atoms with van der Waals surface area (Å²) in [7, 11) is -1.33. The molecule has 0 unspecified atom stereocenters. The number of para-hydroxylation sites is 2. The van der Waals surface area contributed by atoms with Crippen molar-refractivity contribution in [2.45, 2.75) is 25.9 Å². The van der Waals surface area contributed by atoms with E-state index in [9.17, 15) is 9.59 Å². The highest BCUT2D eigenvalue weighted by molar-refractivity contribution is 7.46. The predicted molar refractivity (Wildman–Crippen MR) is 95.3 cm³/mol. The Balaban J connectivity index is 2.29. The molecule has 0 N–H and O–H groups in total. The van der Waals surface area contributed by atoms with Gasteiger partial charge in [-0.3, -0.25) is 9.59 Å². The Morgan fingerprint density at radius 3 is 1.61 bits per heavy atom. The normalized spacial score (nSPS) is 10.8. The van der Waals surface area contributed by atoms with Crippen LogP contribution in [0.15, 0.2) is 70.3 Å². The molecule has 0 atom stereocenters. The largest absolute Gasteiger partial charge is 0.292 e. The van der Waals surface area contributed by atoms with Crippen LogP contribution in [0.2, 0.25) is 0 Å². The van der Waals surface area contributed by atoms with Gasteiger partial charge < -0.3 is 0 Å². The van der Waals surface area contributed by atoms with Crippen LogP contribution in [0.3, 0.4) is 0 Å². The summed E-state index contributed by atoms with van der Waals surface area (Å²) < 4.78 is 3.08. The zero-order valence-corrected chi connectivity index (χ0v) is 13.9. The molecular formula is C18H19N2O2P. The molecule has 1 aromatic heterocycles. The second kappa shape index (κ2) is 6.84. The molecule has 2 aromatic carbocycles. The first-order valence-corrected chi connectivity index (χ1v) is 9.32. The fraction of sp³-hybridized carbons (Fsp3) is 0.222. The minimum Gasteiger partial charge on any atom is -0.263 e. The second-order valence-corrected chi connectivity index (χ2v) is 7.43. The van der Waals surface area contributed by atoms with Crippen LogP contribution in [0.25, 0.3) is 11.4 Å². The Hall–Kier alpha value is -2.32. The minimum absolute atomic E-state index is 0.0755. The van der Waals surface area contributed by atoms with E-state index in [0.29, 0.717) is 6.16 Å². The van der Waals surface area contributed by atoms with Crippen molar-refractivity contribution in [3.05, 3.63) is 80.8 Å². The molecule has 5 heteroatoms. The Bertz CT molecular complexity index is 821. The average Bonchev–Trinajstić information content (AvgIpc) is 2.85. The molecule has 4 nitrogen and oxygen atoms in total. The zero-order valence-electron chi connectivity index (χ0n) is 13.1. The topological polar surface area (TPSA) is 44.0 Å². The van der Waals surface area contributed by atoms with Gasteiger partial charge in [-0.1, -0.05) is 49.7 Å². The quantitative estimate of drug-likeness (QED) is 0.716. The van der Waals surface area contributed by atoms with E-state index < -0.39 is 7.53 Å². The third kappa shape index (κ3) is 2.95. The van der Waals surface area contributed by atoms with E-state index in [1.807, 2.05) is 60.7 Å². The van der Waals surface area contributed by atoms with Crippen LogP contribution in [0.1, 0.15) is 19.8 Å². The molecule has 0 aliphatic rings. The smallest absolute Gasteiger partial charge is 0.263 e. The van der Waals surface area contributed by atoms with Gasteiger partial charge in [-0.2, -0.15) is 0 Å². The van der Waals surface area contributed by atoms with Crippen molar-refractivity contribution in [3.63, 3.8) is 0 Å². The summed E-state index contributed by atoms with van der Waals surface area (Å²) in [4.78, 5) is 25.8. The summed E-state index contributed by atoms with van der Waals surface area (Å²) >= 11 is 0. The molecule has 0 saturated carbocycles. The zero-order chi connectivity index (χ0) is 16.2. The lowest BCUT2D eigenvalue weighted by atomic mass is 10.3. The van der Waals surface area contributed by atoms with Gasteiger partial charge in [-0.15, -0.1) is 0 Å². The van der Waals surface area contributed by atoms with Gasteiger partial charge in [-0.25, -0.2) is 9.36 Å². The number of rotatable bonds is 5. The molecule has 0 aliphatic heterocycles. The van der Waals surface area contributed by atoms with Crippen molar-refractivity contribution >= 4 is 7.53 Å². The Morgan fingerprint density at radius 2 is 1.22 bits per heavy atom. The van der Waals surface area contributed by atoms with Crippen molar-refractivity contribution in [1.29, 1.82) is 0 Å². The molecule has 0 aliphatic carbocycles. The molecule has 1 heterocycles. The lowest BCUT2D eigenvalue weighted by Gasteiger charge is -2.09. The van der Waals surface area contributed by atoms with Crippen LogP contribution < -0.4 is 10.6 Å². The fourth-order valence-electron chi connectivity index (χ4n) is 2.58. The van der Waals surface area contributed by atoms with E-state index in [1.54, 1.807) is 9.36 Å². The molecule has 0 bridgehead atoms. The molecule has 0 saturated heterocycles. The highest BCUT2D eigenvalue weighted by Crippen LogP contribution is 2.21. The Labute approximate surface area is 135 Å². The summed E-state index contributed by atoms with van der Waals surface area (Å²) in [5, 5.41) is -0.151. The average molecular weight is 326 g/mol. The van der Waals surface area contributed by atoms with Gasteiger partial charge >= 0.3 is 0 Å². The number of hydrogen-bond donors (Lipinski definition) is 0. The van der Waals surface area contributed by atoms with E-state index in [2.05, 4.69) is 6.92 Å². The standard InChI is InChI=1S/C18H19N2O2P/c1-2-3-14-23-17(21)19(15-10-6-4-7-11-15)20(18(23)22)16-12-8-5-9-13-16/h4-13H,2-3,14H2,1H3. The molecule has 0 spiro atoms. The van der Waals surface area contributed by atoms with E-state index in [0.717, 1.165) is 24.2 Å². The lowest BCUT2D eigenvalue weighted by molar-refractivity contribution is 0.706. The number of nitrogens with zero attached hydrogens (tertiary/aromatic N) is 2. The number of unbranched alkanes of at least 4 members (excludes halogenated alkanes) is 1. The van der Waals surface area contributed by atoms with Gasteiger partial charge in [0.2, 0.25) is 0 Å². The van der Waals surface area contributed by atoms with Crippen molar-refractivity contribution < 1.29 is 0 Å². The third-order valence-electron chi connectivity index (χ3n) is 3.76. The molecule has 23 heavy (non-hydrogen) atoms. The number of benzene rings is 2. The lowest BCUT2D eigenvalue weighted by Crippen LogP contribution is -2.23. The first-order valence-electron chi connectivity index (χ1n) is 7.79. The monoisotopic (exact) mass is 326 g/mol. The SMILES string of the molecule is CCCCp1c(=O)n(-c2ccccc2)n(-c2ccccc2)c1=O. The van der Waals surface area contributed by atoms with Crippen molar-refractivity contribution in [2.24, 2.45) is 0 Å². The first-order chi connectivity index (χ1) is 11.2. The number of aromatic nitrogens is 2. The van der Waals surface area contributed by atoms with Crippen LogP contribution in [0.5, 0.6) is 0 Å². The fourth-order valence-corrected chi connectivity index (χ4v) is 4.63. The summed E-state index contributed by atoms with van der Waals surface area (Å²) in [6.07, 6.45) is 2.54. The summed E-state index contributed by atoms with van der Waals surface area (Å²) in [6.45, 7) is 2.07. The maximum Gasteiger partial charge on any atom is 0.292 e. The maximum atomic E-state index is 12.9. The first kappa shape index (κ1) is 15.6. The van der Waals surface area contributed by atoms with Gasteiger partial charge in [0, 0.05) is 7.53 Å². The van der Waals surface area contributed by atoms with Crippen LogP contribution in [-0.2, 0) is 6.16 Å². The molecule has 0 fully saturated rings. The Kier molecular flexibility index (Phi) is 4.63. The maximum absolute atomic E-state index is 12.9. The Morgan fingerprint density at radius 1 is 0.783 bits per heavy atom. The van der Waals surface area contributed by atoms with Crippen LogP contribution in [0, 0.1) is 0 Å². The van der Waals surface area contributed by atoms with E-state index in [-0.39, 0.29) is 10.6 Å². The van der Waals surface area contributed by atoms with Crippen LogP contribution in [-0.4, -0.2) is 9.36 Å². The van der Waals surface area contributed by atoms with E-state index >= 15 is 0 Å².